The third kappa shape index (κ3) is 4.79. The molecule has 1 aliphatic rings. The van der Waals surface area contributed by atoms with Crippen molar-refractivity contribution in [2.24, 2.45) is 5.10 Å². The molecule has 0 amide bonds. The number of hydrogen-bond donors (Lipinski definition) is 1. The van der Waals surface area contributed by atoms with Crippen LogP contribution in [-0.2, 0) is 6.18 Å². The first-order chi connectivity index (χ1) is 13.3. The van der Waals surface area contributed by atoms with Crippen molar-refractivity contribution in [3.63, 3.8) is 0 Å². The van der Waals surface area contributed by atoms with Crippen LogP contribution in [0.25, 0.3) is 0 Å². The minimum Gasteiger partial charge on any atom is -0.372 e. The molecule has 1 fully saturated rings. The smallest absolute Gasteiger partial charge is 0.372 e. The Morgan fingerprint density at radius 3 is 2.36 bits per heavy atom. The van der Waals surface area contributed by atoms with E-state index in [1.165, 1.54) is 25.5 Å². The molecular formula is C19H19F3N4O2. The molecule has 1 aliphatic heterocycles. The predicted octanol–water partition coefficient (Wildman–Crippen LogP) is 5.05. The van der Waals surface area contributed by atoms with Crippen molar-refractivity contribution in [2.75, 3.05) is 23.4 Å². The highest BCUT2D eigenvalue weighted by Gasteiger charge is 2.33. The largest absolute Gasteiger partial charge is 0.416 e. The zero-order valence-corrected chi connectivity index (χ0v) is 14.9. The molecule has 1 saturated heterocycles. The summed E-state index contributed by atoms with van der Waals surface area (Å²) in [4.78, 5) is 12.5. The number of rotatable bonds is 5. The first kappa shape index (κ1) is 19.7. The van der Waals surface area contributed by atoms with Crippen LogP contribution in [0.1, 0.15) is 30.4 Å². The summed E-state index contributed by atoms with van der Waals surface area (Å²) in [6.07, 6.45) is 0.422. The lowest BCUT2D eigenvalue weighted by atomic mass is 10.1. The second kappa shape index (κ2) is 8.28. The zero-order chi connectivity index (χ0) is 20.1. The molecule has 0 saturated carbocycles. The van der Waals surface area contributed by atoms with E-state index < -0.39 is 22.4 Å². The third-order valence-corrected chi connectivity index (χ3v) is 4.53. The topological polar surface area (TPSA) is 70.8 Å². The van der Waals surface area contributed by atoms with Gasteiger partial charge in [-0.1, -0.05) is 12.1 Å². The van der Waals surface area contributed by atoms with Crippen molar-refractivity contribution in [3.05, 3.63) is 63.7 Å². The summed E-state index contributed by atoms with van der Waals surface area (Å²) in [5.41, 5.74) is 2.46. The first-order valence-electron chi connectivity index (χ1n) is 8.84. The third-order valence-electron chi connectivity index (χ3n) is 4.53. The molecule has 0 unspecified atom stereocenters. The van der Waals surface area contributed by atoms with Crippen molar-refractivity contribution < 1.29 is 18.1 Å². The van der Waals surface area contributed by atoms with Crippen LogP contribution < -0.4 is 10.3 Å². The molecule has 28 heavy (non-hydrogen) atoms. The maximum Gasteiger partial charge on any atom is 0.416 e. The van der Waals surface area contributed by atoms with E-state index in [1.807, 2.05) is 24.3 Å². The van der Waals surface area contributed by atoms with Crippen LogP contribution in [0.15, 0.2) is 47.6 Å². The van der Waals surface area contributed by atoms with Gasteiger partial charge in [-0.05, 0) is 49.1 Å². The summed E-state index contributed by atoms with van der Waals surface area (Å²) >= 11 is 0. The summed E-state index contributed by atoms with van der Waals surface area (Å²) in [6.45, 7) is 2.07. The molecule has 148 valence electrons. The fraction of sp³-hybridized carbons (Fsp3) is 0.316. The molecule has 1 N–H and O–H groups in total. The number of benzene rings is 2. The van der Waals surface area contributed by atoms with Crippen LogP contribution in [0.4, 0.5) is 30.2 Å². The zero-order valence-electron chi connectivity index (χ0n) is 14.9. The summed E-state index contributed by atoms with van der Waals surface area (Å²) in [6, 6.07) is 9.97. The number of nitro benzene ring substituents is 1. The predicted molar refractivity (Wildman–Crippen MR) is 102 cm³/mol. The van der Waals surface area contributed by atoms with Crippen molar-refractivity contribution >= 4 is 23.3 Å². The van der Waals surface area contributed by atoms with Crippen LogP contribution in [0.2, 0.25) is 0 Å². The van der Waals surface area contributed by atoms with E-state index in [4.69, 9.17) is 0 Å². The van der Waals surface area contributed by atoms with Gasteiger partial charge in [-0.2, -0.15) is 18.3 Å². The average Bonchev–Trinajstić information content (AvgIpc) is 2.68. The van der Waals surface area contributed by atoms with Crippen LogP contribution in [0, 0.1) is 10.1 Å². The number of nitrogens with zero attached hydrogens (tertiary/aromatic N) is 3. The normalized spacial score (nSPS) is 15.0. The van der Waals surface area contributed by atoms with Crippen LogP contribution in [0.3, 0.4) is 0 Å². The second-order valence-electron chi connectivity index (χ2n) is 6.50. The van der Waals surface area contributed by atoms with Crippen molar-refractivity contribution in [3.8, 4) is 0 Å². The van der Waals surface area contributed by atoms with Crippen LogP contribution >= 0.6 is 0 Å². The Bertz CT molecular complexity index is 860. The lowest BCUT2D eigenvalue weighted by Gasteiger charge is -2.28. The first-order valence-corrected chi connectivity index (χ1v) is 8.84. The van der Waals surface area contributed by atoms with Gasteiger partial charge in [0, 0.05) is 24.8 Å². The van der Waals surface area contributed by atoms with Gasteiger partial charge in [0.15, 0.2) is 0 Å². The average molecular weight is 392 g/mol. The van der Waals surface area contributed by atoms with E-state index in [-0.39, 0.29) is 5.69 Å². The maximum atomic E-state index is 12.7. The minimum atomic E-state index is -4.65. The lowest BCUT2D eigenvalue weighted by molar-refractivity contribution is -0.384. The number of halogens is 3. The molecular weight excluding hydrogens is 373 g/mol. The Hall–Kier alpha value is -3.10. The van der Waals surface area contributed by atoms with E-state index in [0.29, 0.717) is 6.07 Å². The molecule has 0 atom stereocenters. The SMILES string of the molecule is O=[N+]([O-])c1cc(C(F)(F)F)ccc1N/N=C\c1ccc(N2CCCCC2)cc1. The molecule has 2 aromatic rings. The van der Waals surface area contributed by atoms with Gasteiger partial charge in [-0.25, -0.2) is 0 Å². The van der Waals surface area contributed by atoms with Gasteiger partial charge in [0.2, 0.25) is 0 Å². The van der Waals surface area contributed by atoms with Crippen LogP contribution in [-0.4, -0.2) is 24.2 Å². The molecule has 0 radical (unpaired) electrons. The molecule has 0 bridgehead atoms. The Labute approximate surface area is 159 Å². The maximum absolute atomic E-state index is 12.7. The van der Waals surface area contributed by atoms with E-state index in [1.54, 1.807) is 0 Å². The fourth-order valence-corrected chi connectivity index (χ4v) is 3.05. The Morgan fingerprint density at radius 1 is 1.07 bits per heavy atom. The van der Waals surface area contributed by atoms with Gasteiger partial charge in [0.05, 0.1) is 16.7 Å². The van der Waals surface area contributed by atoms with E-state index in [0.717, 1.165) is 36.5 Å². The number of anilines is 2. The summed E-state index contributed by atoms with van der Waals surface area (Å²) in [5, 5.41) is 15.0. The number of nitro groups is 1. The number of hydrogen-bond acceptors (Lipinski definition) is 5. The van der Waals surface area contributed by atoms with E-state index in [2.05, 4.69) is 15.4 Å². The molecule has 3 rings (SSSR count). The summed E-state index contributed by atoms with van der Waals surface area (Å²) in [5.74, 6) is 0. The molecule has 1 heterocycles. The van der Waals surface area contributed by atoms with Gasteiger partial charge in [0.1, 0.15) is 5.69 Å². The van der Waals surface area contributed by atoms with E-state index >= 15 is 0 Å². The lowest BCUT2D eigenvalue weighted by Crippen LogP contribution is -2.29. The number of piperidine rings is 1. The van der Waals surface area contributed by atoms with E-state index in [9.17, 15) is 23.3 Å². The highest BCUT2D eigenvalue weighted by atomic mass is 19.4. The van der Waals surface area contributed by atoms with Crippen molar-refractivity contribution in [1.82, 2.24) is 0 Å². The van der Waals surface area contributed by atoms with Gasteiger partial charge in [-0.15, -0.1) is 0 Å². The number of alkyl halides is 3. The van der Waals surface area contributed by atoms with Crippen molar-refractivity contribution in [2.45, 2.75) is 25.4 Å². The molecule has 0 aliphatic carbocycles. The Morgan fingerprint density at radius 2 is 1.75 bits per heavy atom. The van der Waals surface area contributed by atoms with Gasteiger partial charge < -0.3 is 4.90 Å². The number of hydrazone groups is 1. The van der Waals surface area contributed by atoms with Crippen molar-refractivity contribution in [1.29, 1.82) is 0 Å². The minimum absolute atomic E-state index is 0.112. The molecule has 6 nitrogen and oxygen atoms in total. The quantitative estimate of drug-likeness (QED) is 0.439. The highest BCUT2D eigenvalue weighted by molar-refractivity contribution is 5.81. The second-order valence-corrected chi connectivity index (χ2v) is 6.50. The van der Waals surface area contributed by atoms with Gasteiger partial charge in [0.25, 0.3) is 5.69 Å². The Kier molecular flexibility index (Phi) is 5.81. The van der Waals surface area contributed by atoms with Crippen LogP contribution in [0.5, 0.6) is 0 Å². The highest BCUT2D eigenvalue weighted by Crippen LogP contribution is 2.34. The standard InChI is InChI=1S/C19H19F3N4O2/c20-19(21,22)15-6-9-17(18(12-15)26(27)28)24-23-13-14-4-7-16(8-5-14)25-10-2-1-3-11-25/h4-9,12-13,24H,1-3,10-11H2/b23-13-. The Balaban J connectivity index is 1.69. The molecule has 2 aromatic carbocycles. The monoisotopic (exact) mass is 392 g/mol. The number of nitrogens with one attached hydrogen (secondary N) is 1. The van der Waals surface area contributed by atoms with Gasteiger partial charge in [-0.3, -0.25) is 15.5 Å². The molecule has 0 aromatic heterocycles. The molecule has 9 heteroatoms. The van der Waals surface area contributed by atoms with Gasteiger partial charge >= 0.3 is 6.18 Å². The summed E-state index contributed by atoms with van der Waals surface area (Å²) < 4.78 is 38.2. The fourth-order valence-electron chi connectivity index (χ4n) is 3.05. The molecule has 0 spiro atoms. The summed E-state index contributed by atoms with van der Waals surface area (Å²) in [7, 11) is 0.